The van der Waals surface area contributed by atoms with E-state index in [0.29, 0.717) is 12.1 Å². The van der Waals surface area contributed by atoms with E-state index in [2.05, 4.69) is 0 Å². The van der Waals surface area contributed by atoms with Crippen molar-refractivity contribution in [1.82, 2.24) is 4.90 Å². The predicted molar refractivity (Wildman–Crippen MR) is 77.0 cm³/mol. The molecule has 0 aromatic heterocycles. The number of amides is 1. The van der Waals surface area contributed by atoms with Gasteiger partial charge in [-0.15, -0.1) is 0 Å². The molecule has 0 unspecified atom stereocenters. The molecule has 2 atom stereocenters. The lowest BCUT2D eigenvalue weighted by atomic mass is 9.99. The Bertz CT molecular complexity index is 564. The number of rotatable bonds is 4. The zero-order valence-corrected chi connectivity index (χ0v) is 12.2. The number of carboxylic acid groups (broad SMARTS) is 1. The molecule has 1 aromatic carbocycles. The second-order valence-corrected chi connectivity index (χ2v) is 5.65. The molecule has 112 valence electrons. The molecule has 0 bridgehead atoms. The number of carboxylic acids is 1. The quantitative estimate of drug-likeness (QED) is 0.855. The minimum absolute atomic E-state index is 0.00876. The summed E-state index contributed by atoms with van der Waals surface area (Å²) in [5.74, 6) is -1.42. The van der Waals surface area contributed by atoms with Crippen LogP contribution in [0.2, 0.25) is 0 Å². The highest BCUT2D eigenvalue weighted by Gasteiger charge is 2.36. The zero-order valence-electron chi connectivity index (χ0n) is 12.2. The number of carbonyl (C=O) groups excluding carboxylic acids is 2. The molecule has 21 heavy (non-hydrogen) atoms. The lowest BCUT2D eigenvalue weighted by Crippen LogP contribution is -2.31. The van der Waals surface area contributed by atoms with E-state index in [1.165, 1.54) is 6.92 Å². The van der Waals surface area contributed by atoms with Crippen LogP contribution < -0.4 is 0 Å². The highest BCUT2D eigenvalue weighted by Crippen LogP contribution is 2.23. The van der Waals surface area contributed by atoms with Crippen molar-refractivity contribution in [3.05, 3.63) is 35.4 Å². The molecule has 1 aliphatic heterocycles. The lowest BCUT2D eigenvalue weighted by Gasteiger charge is -2.16. The maximum atomic E-state index is 12.2. The average molecular weight is 289 g/mol. The molecule has 5 heteroatoms. The first-order valence-corrected chi connectivity index (χ1v) is 6.99. The molecule has 1 N–H and O–H groups in total. The number of ketones is 1. The van der Waals surface area contributed by atoms with Gasteiger partial charge in [-0.1, -0.05) is 31.2 Å². The van der Waals surface area contributed by atoms with Gasteiger partial charge in [0.25, 0.3) is 0 Å². The van der Waals surface area contributed by atoms with E-state index in [1.807, 2.05) is 6.92 Å². The van der Waals surface area contributed by atoms with E-state index in [-0.39, 0.29) is 30.6 Å². The van der Waals surface area contributed by atoms with E-state index in [0.717, 1.165) is 5.56 Å². The smallest absolute Gasteiger partial charge is 0.308 e. The minimum atomic E-state index is -0.844. The first-order valence-electron chi connectivity index (χ1n) is 6.99. The van der Waals surface area contributed by atoms with E-state index < -0.39 is 11.9 Å². The number of likely N-dealkylation sites (tertiary alicyclic amines) is 1. The van der Waals surface area contributed by atoms with Crippen LogP contribution >= 0.6 is 0 Å². The largest absolute Gasteiger partial charge is 0.481 e. The summed E-state index contributed by atoms with van der Waals surface area (Å²) in [7, 11) is 0. The molecule has 1 heterocycles. The molecule has 0 radical (unpaired) electrons. The van der Waals surface area contributed by atoms with Crippen molar-refractivity contribution in [1.29, 1.82) is 0 Å². The second kappa shape index (κ2) is 6.08. The fourth-order valence-electron chi connectivity index (χ4n) is 2.64. The van der Waals surface area contributed by atoms with Crippen molar-refractivity contribution in [3.8, 4) is 0 Å². The average Bonchev–Trinajstić information content (AvgIpc) is 2.81. The van der Waals surface area contributed by atoms with Gasteiger partial charge in [0, 0.05) is 18.7 Å². The van der Waals surface area contributed by atoms with E-state index in [9.17, 15) is 14.4 Å². The van der Waals surface area contributed by atoms with Gasteiger partial charge in [-0.2, -0.15) is 0 Å². The third kappa shape index (κ3) is 3.48. The maximum absolute atomic E-state index is 12.2. The Morgan fingerprint density at radius 2 is 1.81 bits per heavy atom. The third-order valence-electron chi connectivity index (χ3n) is 4.00. The monoisotopic (exact) mass is 289 g/mol. The van der Waals surface area contributed by atoms with Crippen molar-refractivity contribution >= 4 is 17.7 Å². The Morgan fingerprint density at radius 1 is 1.19 bits per heavy atom. The van der Waals surface area contributed by atoms with Crippen LogP contribution in [0.5, 0.6) is 0 Å². The fraction of sp³-hybridized carbons (Fsp3) is 0.438. The topological polar surface area (TPSA) is 74.7 Å². The number of hydrogen-bond acceptors (Lipinski definition) is 3. The highest BCUT2D eigenvalue weighted by molar-refractivity contribution is 5.94. The van der Waals surface area contributed by atoms with Gasteiger partial charge in [-0.05, 0) is 18.4 Å². The van der Waals surface area contributed by atoms with Crippen LogP contribution in [-0.4, -0.2) is 40.8 Å². The fourth-order valence-corrected chi connectivity index (χ4v) is 2.64. The van der Waals surface area contributed by atoms with Crippen LogP contribution in [0.1, 0.15) is 29.8 Å². The zero-order chi connectivity index (χ0) is 15.6. The summed E-state index contributed by atoms with van der Waals surface area (Å²) in [6.07, 6.45) is 0.233. The summed E-state index contributed by atoms with van der Waals surface area (Å²) >= 11 is 0. The Kier molecular flexibility index (Phi) is 4.40. The minimum Gasteiger partial charge on any atom is -0.481 e. The van der Waals surface area contributed by atoms with E-state index in [4.69, 9.17) is 5.11 Å². The Labute approximate surface area is 123 Å². The van der Waals surface area contributed by atoms with Crippen LogP contribution in [0, 0.1) is 11.8 Å². The molecule has 5 nitrogen and oxygen atoms in total. The number of carbonyl (C=O) groups is 3. The first kappa shape index (κ1) is 15.2. The van der Waals surface area contributed by atoms with Crippen LogP contribution in [0.15, 0.2) is 24.3 Å². The molecular weight excluding hydrogens is 270 g/mol. The molecule has 1 fully saturated rings. The summed E-state index contributed by atoms with van der Waals surface area (Å²) in [6, 6.07) is 6.95. The van der Waals surface area contributed by atoms with Gasteiger partial charge < -0.3 is 10.0 Å². The SMILES string of the molecule is CC(=O)c1ccc(CC(=O)N2C[C@@H](C)[C@H](C(=O)O)C2)cc1. The molecule has 0 saturated carbocycles. The standard InChI is InChI=1S/C16H19NO4/c1-10-8-17(9-14(10)16(20)21)15(19)7-12-3-5-13(6-4-12)11(2)18/h3-6,10,14H,7-9H2,1-2H3,(H,20,21)/t10-,14-/m1/s1. The van der Waals surface area contributed by atoms with Crippen LogP contribution in [0.4, 0.5) is 0 Å². The van der Waals surface area contributed by atoms with E-state index in [1.54, 1.807) is 29.2 Å². The number of nitrogens with zero attached hydrogens (tertiary/aromatic N) is 1. The van der Waals surface area contributed by atoms with Gasteiger partial charge in [0.05, 0.1) is 12.3 Å². The summed E-state index contributed by atoms with van der Waals surface area (Å²) in [6.45, 7) is 4.12. The Morgan fingerprint density at radius 3 is 2.29 bits per heavy atom. The van der Waals surface area contributed by atoms with Crippen molar-refractivity contribution in [3.63, 3.8) is 0 Å². The van der Waals surface area contributed by atoms with E-state index >= 15 is 0 Å². The number of Topliss-reactive ketones (excluding diaryl/α,β-unsaturated/α-hetero) is 1. The summed E-state index contributed by atoms with van der Waals surface area (Å²) in [5.41, 5.74) is 1.45. The van der Waals surface area contributed by atoms with Crippen LogP contribution in [0.3, 0.4) is 0 Å². The molecule has 0 aliphatic carbocycles. The second-order valence-electron chi connectivity index (χ2n) is 5.65. The molecule has 1 aliphatic rings. The van der Waals surface area contributed by atoms with Crippen molar-refractivity contribution in [2.45, 2.75) is 20.3 Å². The van der Waals surface area contributed by atoms with Crippen molar-refractivity contribution in [2.75, 3.05) is 13.1 Å². The first-order chi connectivity index (χ1) is 9.88. The number of hydrogen-bond donors (Lipinski definition) is 1. The number of benzene rings is 1. The maximum Gasteiger partial charge on any atom is 0.308 e. The lowest BCUT2D eigenvalue weighted by molar-refractivity contribution is -0.142. The third-order valence-corrected chi connectivity index (χ3v) is 4.00. The predicted octanol–water partition coefficient (Wildman–Crippen LogP) is 1.61. The molecule has 1 saturated heterocycles. The van der Waals surface area contributed by atoms with Gasteiger partial charge in [0.15, 0.2) is 5.78 Å². The van der Waals surface area contributed by atoms with Gasteiger partial charge in [-0.25, -0.2) is 0 Å². The summed E-state index contributed by atoms with van der Waals surface area (Å²) in [5, 5.41) is 9.09. The van der Waals surface area contributed by atoms with Gasteiger partial charge >= 0.3 is 5.97 Å². The molecular formula is C16H19NO4. The van der Waals surface area contributed by atoms with Gasteiger partial charge in [-0.3, -0.25) is 14.4 Å². The van der Waals surface area contributed by atoms with Crippen LogP contribution in [0.25, 0.3) is 0 Å². The summed E-state index contributed by atoms with van der Waals surface area (Å²) < 4.78 is 0. The van der Waals surface area contributed by atoms with Crippen molar-refractivity contribution in [2.24, 2.45) is 11.8 Å². The normalized spacial score (nSPS) is 21.3. The Balaban J connectivity index is 1.99. The van der Waals surface area contributed by atoms with Gasteiger partial charge in [0.1, 0.15) is 0 Å². The molecule has 1 aromatic rings. The van der Waals surface area contributed by atoms with Crippen LogP contribution in [-0.2, 0) is 16.0 Å². The van der Waals surface area contributed by atoms with Gasteiger partial charge in [0.2, 0.25) is 5.91 Å². The van der Waals surface area contributed by atoms with Crippen molar-refractivity contribution < 1.29 is 19.5 Å². The number of aliphatic carboxylic acids is 1. The molecule has 0 spiro atoms. The molecule has 2 rings (SSSR count). The molecule has 1 amide bonds. The highest BCUT2D eigenvalue weighted by atomic mass is 16.4. The summed E-state index contributed by atoms with van der Waals surface area (Å²) in [4.78, 5) is 36.1. The Hall–Kier alpha value is -2.17.